The van der Waals surface area contributed by atoms with Crippen LogP contribution in [0.25, 0.3) is 0 Å². The van der Waals surface area contributed by atoms with Crippen molar-refractivity contribution in [2.45, 2.75) is 12.1 Å². The molecule has 1 aromatic rings. The summed E-state index contributed by atoms with van der Waals surface area (Å²) in [7, 11) is 0. The van der Waals surface area contributed by atoms with Gasteiger partial charge in [0.15, 0.2) is 0 Å². The summed E-state index contributed by atoms with van der Waals surface area (Å²) in [4.78, 5) is 14.4. The van der Waals surface area contributed by atoms with Gasteiger partial charge in [-0.15, -0.1) is 0 Å². The summed E-state index contributed by atoms with van der Waals surface area (Å²) in [5.41, 5.74) is 1.02. The largest absolute Gasteiger partial charge is 0.353 e. The van der Waals surface area contributed by atoms with Crippen LogP contribution in [0.2, 0.25) is 5.02 Å². The molecule has 2 aliphatic rings. The molecular formula is C13H16ClN3O. The molecule has 0 aliphatic carbocycles. The maximum atomic E-state index is 12.1. The zero-order chi connectivity index (χ0) is 12.5. The monoisotopic (exact) mass is 265 g/mol. The molecule has 2 saturated heterocycles. The Kier molecular flexibility index (Phi) is 3.24. The summed E-state index contributed by atoms with van der Waals surface area (Å²) in [6.45, 7) is 3.51. The predicted molar refractivity (Wildman–Crippen MR) is 70.6 cm³/mol. The third-order valence-corrected chi connectivity index (χ3v) is 3.93. The standard InChI is InChI=1S/C13H16ClN3O/c14-10-3-1-9(2-4-10)12-13(18)16-8-11-7-15-5-6-17(11)12/h1-4,11-12,15H,5-8H2,(H,16,18). The van der Waals surface area contributed by atoms with Gasteiger partial charge >= 0.3 is 0 Å². The molecule has 1 aromatic carbocycles. The van der Waals surface area contributed by atoms with Crippen molar-refractivity contribution in [2.24, 2.45) is 0 Å². The van der Waals surface area contributed by atoms with E-state index in [4.69, 9.17) is 11.6 Å². The van der Waals surface area contributed by atoms with Crippen LogP contribution in [-0.2, 0) is 4.79 Å². The SMILES string of the molecule is O=C1NCC2CNCCN2C1c1ccc(Cl)cc1. The van der Waals surface area contributed by atoms with Gasteiger partial charge in [0.05, 0.1) is 0 Å². The first-order valence-electron chi connectivity index (χ1n) is 6.25. The van der Waals surface area contributed by atoms with E-state index in [1.165, 1.54) is 0 Å². The summed E-state index contributed by atoms with van der Waals surface area (Å²) >= 11 is 5.90. The van der Waals surface area contributed by atoms with Gasteiger partial charge in [-0.1, -0.05) is 23.7 Å². The van der Waals surface area contributed by atoms with Crippen LogP contribution in [0.1, 0.15) is 11.6 Å². The highest BCUT2D eigenvalue weighted by Gasteiger charge is 2.38. The van der Waals surface area contributed by atoms with Crippen molar-refractivity contribution in [1.82, 2.24) is 15.5 Å². The van der Waals surface area contributed by atoms with Crippen LogP contribution in [0.3, 0.4) is 0 Å². The molecule has 3 rings (SSSR count). The van der Waals surface area contributed by atoms with Gasteiger partial charge in [0.2, 0.25) is 5.91 Å². The molecule has 2 aliphatic heterocycles. The predicted octanol–water partition coefficient (Wildman–Crippen LogP) is 0.785. The van der Waals surface area contributed by atoms with Crippen molar-refractivity contribution in [2.75, 3.05) is 26.2 Å². The van der Waals surface area contributed by atoms with E-state index in [0.717, 1.165) is 31.7 Å². The summed E-state index contributed by atoms with van der Waals surface area (Å²) in [5, 5.41) is 7.06. The first-order valence-corrected chi connectivity index (χ1v) is 6.63. The second-order valence-corrected chi connectivity index (χ2v) is 5.23. The molecule has 4 nitrogen and oxygen atoms in total. The molecule has 18 heavy (non-hydrogen) atoms. The lowest BCUT2D eigenvalue weighted by molar-refractivity contribution is -0.132. The minimum absolute atomic E-state index is 0.0930. The van der Waals surface area contributed by atoms with E-state index < -0.39 is 0 Å². The average Bonchev–Trinajstić information content (AvgIpc) is 2.40. The van der Waals surface area contributed by atoms with Crippen LogP contribution in [0, 0.1) is 0 Å². The maximum Gasteiger partial charge on any atom is 0.242 e. The highest BCUT2D eigenvalue weighted by atomic mass is 35.5. The minimum atomic E-state index is -0.178. The summed E-state index contributed by atoms with van der Waals surface area (Å²) < 4.78 is 0. The van der Waals surface area contributed by atoms with E-state index in [0.29, 0.717) is 11.1 Å². The van der Waals surface area contributed by atoms with Gasteiger partial charge in [0.25, 0.3) is 0 Å². The molecule has 0 spiro atoms. The maximum absolute atomic E-state index is 12.1. The average molecular weight is 266 g/mol. The van der Waals surface area contributed by atoms with Crippen LogP contribution in [0.5, 0.6) is 0 Å². The quantitative estimate of drug-likeness (QED) is 0.789. The van der Waals surface area contributed by atoms with Crippen molar-refractivity contribution >= 4 is 17.5 Å². The molecule has 2 atom stereocenters. The number of carbonyl (C=O) groups is 1. The molecule has 2 N–H and O–H groups in total. The second kappa shape index (κ2) is 4.88. The van der Waals surface area contributed by atoms with Crippen LogP contribution in [-0.4, -0.2) is 43.0 Å². The van der Waals surface area contributed by atoms with Crippen LogP contribution in [0.15, 0.2) is 24.3 Å². The highest BCUT2D eigenvalue weighted by molar-refractivity contribution is 6.30. The number of nitrogens with zero attached hydrogens (tertiary/aromatic N) is 1. The molecule has 2 unspecified atom stereocenters. The minimum Gasteiger partial charge on any atom is -0.353 e. The summed E-state index contributed by atoms with van der Waals surface area (Å²) in [6, 6.07) is 7.78. The van der Waals surface area contributed by atoms with Crippen LogP contribution < -0.4 is 10.6 Å². The number of hydrogen-bond donors (Lipinski definition) is 2. The van der Waals surface area contributed by atoms with Gasteiger partial charge in [0, 0.05) is 37.2 Å². The third-order valence-electron chi connectivity index (χ3n) is 3.67. The number of rotatable bonds is 1. The van der Waals surface area contributed by atoms with Crippen molar-refractivity contribution in [1.29, 1.82) is 0 Å². The number of halogens is 1. The Hall–Kier alpha value is -1.10. The summed E-state index contributed by atoms with van der Waals surface area (Å²) in [5.74, 6) is 0.0930. The zero-order valence-corrected chi connectivity index (χ0v) is 10.8. The number of benzene rings is 1. The van der Waals surface area contributed by atoms with E-state index in [-0.39, 0.29) is 11.9 Å². The number of hydrogen-bond acceptors (Lipinski definition) is 3. The van der Waals surface area contributed by atoms with Crippen molar-refractivity contribution in [3.05, 3.63) is 34.9 Å². The van der Waals surface area contributed by atoms with Crippen molar-refractivity contribution in [3.63, 3.8) is 0 Å². The van der Waals surface area contributed by atoms with Crippen molar-refractivity contribution < 1.29 is 4.79 Å². The Morgan fingerprint density at radius 2 is 2.00 bits per heavy atom. The second-order valence-electron chi connectivity index (χ2n) is 4.80. The van der Waals surface area contributed by atoms with Crippen molar-refractivity contribution in [3.8, 4) is 0 Å². The van der Waals surface area contributed by atoms with Gasteiger partial charge in [-0.05, 0) is 17.7 Å². The normalized spacial score (nSPS) is 28.6. The topological polar surface area (TPSA) is 44.4 Å². The first kappa shape index (κ1) is 12.0. The van der Waals surface area contributed by atoms with Gasteiger partial charge < -0.3 is 10.6 Å². The Labute approximate surface area is 111 Å². The molecular weight excluding hydrogens is 250 g/mol. The molecule has 0 bridgehead atoms. The molecule has 2 heterocycles. The molecule has 0 saturated carbocycles. The van der Waals surface area contributed by atoms with Crippen LogP contribution in [0.4, 0.5) is 0 Å². The molecule has 2 fully saturated rings. The molecule has 1 amide bonds. The lowest BCUT2D eigenvalue weighted by atomic mass is 9.98. The van der Waals surface area contributed by atoms with Gasteiger partial charge in [-0.2, -0.15) is 0 Å². The van der Waals surface area contributed by atoms with Gasteiger partial charge in [-0.3, -0.25) is 9.69 Å². The molecule has 0 aromatic heterocycles. The van der Waals surface area contributed by atoms with E-state index in [9.17, 15) is 4.79 Å². The number of piperazine rings is 2. The lowest BCUT2D eigenvalue weighted by Crippen LogP contribution is -2.63. The Morgan fingerprint density at radius 3 is 2.78 bits per heavy atom. The van der Waals surface area contributed by atoms with E-state index in [1.54, 1.807) is 0 Å². The molecule has 5 heteroatoms. The smallest absolute Gasteiger partial charge is 0.242 e. The number of nitrogens with one attached hydrogen (secondary N) is 2. The number of amides is 1. The molecule has 96 valence electrons. The van der Waals surface area contributed by atoms with Crippen LogP contribution >= 0.6 is 11.6 Å². The highest BCUT2D eigenvalue weighted by Crippen LogP contribution is 2.27. The Morgan fingerprint density at radius 1 is 1.22 bits per heavy atom. The Balaban J connectivity index is 1.91. The lowest BCUT2D eigenvalue weighted by Gasteiger charge is -2.44. The molecule has 0 radical (unpaired) electrons. The van der Waals surface area contributed by atoms with Gasteiger partial charge in [0.1, 0.15) is 6.04 Å². The van der Waals surface area contributed by atoms with Gasteiger partial charge in [-0.25, -0.2) is 0 Å². The fourth-order valence-electron chi connectivity index (χ4n) is 2.76. The zero-order valence-electron chi connectivity index (χ0n) is 10.0. The summed E-state index contributed by atoms with van der Waals surface area (Å²) in [6.07, 6.45) is 0. The fourth-order valence-corrected chi connectivity index (χ4v) is 2.89. The third kappa shape index (κ3) is 2.11. The van der Waals surface area contributed by atoms with E-state index in [2.05, 4.69) is 15.5 Å². The Bertz CT molecular complexity index is 448. The fraction of sp³-hybridized carbons (Fsp3) is 0.462. The van der Waals surface area contributed by atoms with E-state index >= 15 is 0 Å². The number of fused-ring (bicyclic) bond motifs is 1. The number of carbonyl (C=O) groups excluding carboxylic acids is 1. The van der Waals surface area contributed by atoms with E-state index in [1.807, 2.05) is 24.3 Å². The first-order chi connectivity index (χ1) is 8.75.